The van der Waals surface area contributed by atoms with Gasteiger partial charge in [-0.25, -0.2) is 4.39 Å². The van der Waals surface area contributed by atoms with E-state index in [1.54, 1.807) is 17.2 Å². The number of carbonyl (C=O) groups is 2. The third-order valence-corrected chi connectivity index (χ3v) is 5.09. The molecule has 0 unspecified atom stereocenters. The smallest absolute Gasteiger partial charge is 0.224 e. The maximum Gasteiger partial charge on any atom is 0.224 e. The quantitative estimate of drug-likeness (QED) is 0.713. The highest BCUT2D eigenvalue weighted by molar-refractivity contribution is 5.83. The van der Waals surface area contributed by atoms with E-state index in [-0.39, 0.29) is 23.5 Å². The molecule has 6 heteroatoms. The first-order chi connectivity index (χ1) is 13.6. The van der Waals surface area contributed by atoms with Gasteiger partial charge in [-0.3, -0.25) is 14.6 Å². The Morgan fingerprint density at radius 2 is 2.07 bits per heavy atom. The van der Waals surface area contributed by atoms with Crippen LogP contribution in [0.4, 0.5) is 4.39 Å². The van der Waals surface area contributed by atoms with Crippen LogP contribution in [0.2, 0.25) is 0 Å². The number of hydrogen-bond donors (Lipinski definition) is 1. The highest BCUT2D eigenvalue weighted by atomic mass is 19.1. The van der Waals surface area contributed by atoms with Gasteiger partial charge in [0.2, 0.25) is 11.8 Å². The molecule has 1 atom stereocenters. The van der Waals surface area contributed by atoms with Crippen molar-refractivity contribution in [1.82, 2.24) is 15.2 Å². The number of hydrogen-bond acceptors (Lipinski definition) is 3. The molecule has 1 N–H and O–H groups in total. The number of nitrogens with zero attached hydrogens (tertiary/aromatic N) is 2. The van der Waals surface area contributed by atoms with Crippen molar-refractivity contribution < 1.29 is 14.0 Å². The SMILES string of the molecule is O=C(NCCCc1cccnc1)[C@H]1CCC(=O)N(CCc2cccc(F)c2)C1. The van der Waals surface area contributed by atoms with E-state index < -0.39 is 0 Å². The van der Waals surface area contributed by atoms with Crippen molar-refractivity contribution in [3.8, 4) is 0 Å². The van der Waals surface area contributed by atoms with E-state index >= 15 is 0 Å². The summed E-state index contributed by atoms with van der Waals surface area (Å²) in [5.41, 5.74) is 2.01. The number of piperidine rings is 1. The maximum atomic E-state index is 13.3. The highest BCUT2D eigenvalue weighted by Gasteiger charge is 2.29. The lowest BCUT2D eigenvalue weighted by Gasteiger charge is -2.32. The van der Waals surface area contributed by atoms with Crippen molar-refractivity contribution in [3.63, 3.8) is 0 Å². The molecule has 0 bridgehead atoms. The predicted octanol–water partition coefficient (Wildman–Crippen LogP) is 2.75. The van der Waals surface area contributed by atoms with Gasteiger partial charge in [0, 0.05) is 38.4 Å². The number of aryl methyl sites for hydroxylation is 1. The van der Waals surface area contributed by atoms with Crippen LogP contribution in [0.25, 0.3) is 0 Å². The minimum absolute atomic E-state index is 0.00874. The first kappa shape index (κ1) is 20.0. The van der Waals surface area contributed by atoms with Gasteiger partial charge in [0.15, 0.2) is 0 Å². The molecule has 1 fully saturated rings. The largest absolute Gasteiger partial charge is 0.356 e. The molecule has 0 spiro atoms. The summed E-state index contributed by atoms with van der Waals surface area (Å²) in [5, 5.41) is 2.99. The summed E-state index contributed by atoms with van der Waals surface area (Å²) >= 11 is 0. The van der Waals surface area contributed by atoms with Gasteiger partial charge >= 0.3 is 0 Å². The highest BCUT2D eigenvalue weighted by Crippen LogP contribution is 2.18. The molecule has 1 aliphatic heterocycles. The van der Waals surface area contributed by atoms with Crippen molar-refractivity contribution in [2.24, 2.45) is 5.92 Å². The Morgan fingerprint density at radius 1 is 1.21 bits per heavy atom. The lowest BCUT2D eigenvalue weighted by molar-refractivity contribution is -0.138. The van der Waals surface area contributed by atoms with E-state index in [4.69, 9.17) is 0 Å². The molecular formula is C22H26FN3O2. The molecule has 2 heterocycles. The van der Waals surface area contributed by atoms with Crippen LogP contribution in [-0.4, -0.2) is 41.3 Å². The molecule has 5 nitrogen and oxygen atoms in total. The number of carbonyl (C=O) groups excluding carboxylic acids is 2. The van der Waals surface area contributed by atoms with Crippen LogP contribution in [0.3, 0.4) is 0 Å². The molecule has 0 aliphatic carbocycles. The van der Waals surface area contributed by atoms with Gasteiger partial charge in [-0.1, -0.05) is 18.2 Å². The first-order valence-electron chi connectivity index (χ1n) is 9.80. The zero-order chi connectivity index (χ0) is 19.8. The monoisotopic (exact) mass is 383 g/mol. The van der Waals surface area contributed by atoms with Gasteiger partial charge in [-0.05, 0) is 55.0 Å². The average molecular weight is 383 g/mol. The molecule has 3 rings (SSSR count). The Hall–Kier alpha value is -2.76. The second kappa shape index (κ2) is 9.97. The third kappa shape index (κ3) is 5.87. The summed E-state index contributed by atoms with van der Waals surface area (Å²) in [6.45, 7) is 1.55. The number of pyridine rings is 1. The molecule has 0 radical (unpaired) electrons. The Bertz CT molecular complexity index is 797. The normalized spacial score (nSPS) is 16.8. The predicted molar refractivity (Wildman–Crippen MR) is 105 cm³/mol. The van der Waals surface area contributed by atoms with Crippen molar-refractivity contribution in [1.29, 1.82) is 0 Å². The lowest BCUT2D eigenvalue weighted by Crippen LogP contribution is -2.46. The Balaban J connectivity index is 1.42. The van der Waals surface area contributed by atoms with E-state index in [1.807, 2.05) is 24.4 Å². The van der Waals surface area contributed by atoms with Crippen LogP contribution in [0.5, 0.6) is 0 Å². The van der Waals surface area contributed by atoms with Crippen molar-refractivity contribution in [3.05, 3.63) is 65.7 Å². The molecule has 0 saturated carbocycles. The minimum Gasteiger partial charge on any atom is -0.356 e. The van der Waals surface area contributed by atoms with E-state index in [1.165, 1.54) is 12.1 Å². The van der Waals surface area contributed by atoms with E-state index in [2.05, 4.69) is 10.3 Å². The molecule has 2 amide bonds. The zero-order valence-electron chi connectivity index (χ0n) is 15.9. The molecule has 28 heavy (non-hydrogen) atoms. The topological polar surface area (TPSA) is 62.3 Å². The standard InChI is InChI=1S/C22H26FN3O2/c23-20-7-1-4-17(14-20)10-13-26-16-19(8-9-21(26)27)22(28)25-12-3-6-18-5-2-11-24-15-18/h1-2,4-5,7,11,14-15,19H,3,6,8-10,12-13,16H2,(H,25,28)/t19-/m0/s1. The first-order valence-corrected chi connectivity index (χ1v) is 9.80. The molecular weight excluding hydrogens is 357 g/mol. The third-order valence-electron chi connectivity index (χ3n) is 5.09. The summed E-state index contributed by atoms with van der Waals surface area (Å²) in [6, 6.07) is 10.4. The number of aromatic nitrogens is 1. The molecule has 148 valence electrons. The number of amides is 2. The summed E-state index contributed by atoms with van der Waals surface area (Å²) in [7, 11) is 0. The Morgan fingerprint density at radius 3 is 2.86 bits per heavy atom. The molecule has 1 aliphatic rings. The van der Waals surface area contributed by atoms with Crippen LogP contribution in [0.15, 0.2) is 48.8 Å². The fraction of sp³-hybridized carbons (Fsp3) is 0.409. The van der Waals surface area contributed by atoms with Gasteiger partial charge in [0.05, 0.1) is 5.92 Å². The van der Waals surface area contributed by atoms with Gasteiger partial charge in [-0.2, -0.15) is 0 Å². The van der Waals surface area contributed by atoms with Gasteiger partial charge in [0.25, 0.3) is 0 Å². The molecule has 1 aromatic heterocycles. The summed E-state index contributed by atoms with van der Waals surface area (Å²) in [6.07, 6.45) is 6.87. The van der Waals surface area contributed by atoms with Gasteiger partial charge in [-0.15, -0.1) is 0 Å². The maximum absolute atomic E-state index is 13.3. The molecule has 2 aromatic rings. The van der Waals surface area contributed by atoms with E-state index in [0.29, 0.717) is 38.9 Å². The zero-order valence-corrected chi connectivity index (χ0v) is 15.9. The number of nitrogens with one attached hydrogen (secondary N) is 1. The average Bonchev–Trinajstić information content (AvgIpc) is 2.71. The van der Waals surface area contributed by atoms with Gasteiger partial charge < -0.3 is 10.2 Å². The minimum atomic E-state index is -0.272. The Labute approximate surface area is 165 Å². The number of halogens is 1. The fourth-order valence-corrected chi connectivity index (χ4v) is 3.50. The summed E-state index contributed by atoms with van der Waals surface area (Å²) in [5.74, 6) is -0.374. The van der Waals surface area contributed by atoms with Crippen molar-refractivity contribution >= 4 is 11.8 Å². The second-order valence-electron chi connectivity index (χ2n) is 7.21. The number of likely N-dealkylation sites (tertiary alicyclic amines) is 1. The van der Waals surface area contributed by atoms with E-state index in [9.17, 15) is 14.0 Å². The number of benzene rings is 1. The van der Waals surface area contributed by atoms with Crippen molar-refractivity contribution in [2.45, 2.75) is 32.1 Å². The van der Waals surface area contributed by atoms with Crippen molar-refractivity contribution in [2.75, 3.05) is 19.6 Å². The van der Waals surface area contributed by atoms with Crippen LogP contribution in [0.1, 0.15) is 30.4 Å². The van der Waals surface area contributed by atoms with Crippen LogP contribution < -0.4 is 5.32 Å². The van der Waals surface area contributed by atoms with Crippen LogP contribution >= 0.6 is 0 Å². The van der Waals surface area contributed by atoms with E-state index in [0.717, 1.165) is 24.0 Å². The molecule has 1 aromatic carbocycles. The summed E-state index contributed by atoms with van der Waals surface area (Å²) in [4.78, 5) is 30.5. The number of rotatable bonds is 8. The summed E-state index contributed by atoms with van der Waals surface area (Å²) < 4.78 is 13.3. The fourth-order valence-electron chi connectivity index (χ4n) is 3.50. The molecule has 1 saturated heterocycles. The lowest BCUT2D eigenvalue weighted by atomic mass is 9.96. The van der Waals surface area contributed by atoms with Crippen LogP contribution in [0, 0.1) is 11.7 Å². The van der Waals surface area contributed by atoms with Crippen LogP contribution in [-0.2, 0) is 22.4 Å². The van der Waals surface area contributed by atoms with Gasteiger partial charge in [0.1, 0.15) is 5.82 Å². The second-order valence-corrected chi connectivity index (χ2v) is 7.21. The Kier molecular flexibility index (Phi) is 7.12.